The highest BCUT2D eigenvalue weighted by Gasteiger charge is 2.16. The van der Waals surface area contributed by atoms with Crippen LogP contribution in [-0.2, 0) is 16.3 Å². The lowest BCUT2D eigenvalue weighted by Gasteiger charge is -2.06. The highest BCUT2D eigenvalue weighted by atomic mass is 32.2. The van der Waals surface area contributed by atoms with Gasteiger partial charge in [-0.1, -0.05) is 0 Å². The molecule has 1 aromatic rings. The van der Waals surface area contributed by atoms with E-state index < -0.39 is 20.9 Å². The van der Waals surface area contributed by atoms with Gasteiger partial charge in [-0.15, -0.1) is 0 Å². The lowest BCUT2D eigenvalue weighted by Crippen LogP contribution is -2.19. The van der Waals surface area contributed by atoms with Gasteiger partial charge in [0.2, 0.25) is 0 Å². The van der Waals surface area contributed by atoms with Gasteiger partial charge in [0.1, 0.15) is 15.7 Å². The van der Waals surface area contributed by atoms with Crippen molar-refractivity contribution in [1.29, 1.82) is 0 Å². The Morgan fingerprint density at radius 3 is 2.36 bits per heavy atom. The van der Waals surface area contributed by atoms with Crippen molar-refractivity contribution in [1.82, 2.24) is 9.97 Å². The van der Waals surface area contributed by atoms with Crippen LogP contribution in [0.3, 0.4) is 0 Å². The Morgan fingerprint density at radius 1 is 1.43 bits per heavy atom. The molecule has 1 atom stereocenters. The molecule has 1 heterocycles. The van der Waals surface area contributed by atoms with Crippen molar-refractivity contribution >= 4 is 9.84 Å². The van der Waals surface area contributed by atoms with Crippen molar-refractivity contribution in [3.05, 3.63) is 24.0 Å². The lowest BCUT2D eigenvalue weighted by molar-refractivity contribution is 0.584. The van der Waals surface area contributed by atoms with E-state index in [0.717, 1.165) is 18.6 Å². The van der Waals surface area contributed by atoms with Gasteiger partial charge in [-0.25, -0.2) is 22.8 Å². The standard InChI is InChI=1S/C8H11FN2O2S/c1-6(14(2,12)13)3-8-10-4-7(9)5-11-8/h4-6H,3H2,1-2H3/t6-/m0/s1. The third-order valence-corrected chi connectivity index (χ3v) is 3.50. The zero-order chi connectivity index (χ0) is 10.8. The molecule has 0 bridgehead atoms. The van der Waals surface area contributed by atoms with Crippen molar-refractivity contribution in [3.63, 3.8) is 0 Å². The van der Waals surface area contributed by atoms with Gasteiger partial charge in [-0.3, -0.25) is 0 Å². The molecule has 0 spiro atoms. The number of aromatic nitrogens is 2. The Hall–Kier alpha value is -1.04. The second kappa shape index (κ2) is 4.00. The highest BCUT2D eigenvalue weighted by Crippen LogP contribution is 2.04. The third kappa shape index (κ3) is 3.02. The van der Waals surface area contributed by atoms with Gasteiger partial charge in [-0.05, 0) is 6.92 Å². The first-order valence-corrected chi connectivity index (χ1v) is 6.00. The number of hydrogen-bond acceptors (Lipinski definition) is 4. The molecule has 0 aliphatic heterocycles. The van der Waals surface area contributed by atoms with E-state index in [1.807, 2.05) is 0 Å². The van der Waals surface area contributed by atoms with E-state index in [4.69, 9.17) is 0 Å². The molecule has 0 aliphatic carbocycles. The molecule has 0 aliphatic rings. The smallest absolute Gasteiger partial charge is 0.159 e. The summed E-state index contributed by atoms with van der Waals surface area (Å²) in [6.07, 6.45) is 3.41. The minimum absolute atomic E-state index is 0.207. The Kier molecular flexibility index (Phi) is 3.15. The van der Waals surface area contributed by atoms with Gasteiger partial charge in [0, 0.05) is 12.7 Å². The third-order valence-electron chi connectivity index (χ3n) is 1.87. The second-order valence-corrected chi connectivity index (χ2v) is 5.63. The van der Waals surface area contributed by atoms with Crippen molar-refractivity contribution < 1.29 is 12.8 Å². The monoisotopic (exact) mass is 218 g/mol. The highest BCUT2D eigenvalue weighted by molar-refractivity contribution is 7.91. The summed E-state index contributed by atoms with van der Waals surface area (Å²) in [5, 5.41) is -0.548. The number of nitrogens with zero attached hydrogens (tertiary/aromatic N) is 2. The average Bonchev–Trinajstić information content (AvgIpc) is 2.07. The topological polar surface area (TPSA) is 59.9 Å². The maximum absolute atomic E-state index is 12.4. The summed E-state index contributed by atoms with van der Waals surface area (Å²) in [6, 6.07) is 0. The molecule has 6 heteroatoms. The predicted octanol–water partition coefficient (Wildman–Crippen LogP) is 0.591. The van der Waals surface area contributed by atoms with Crippen LogP contribution in [0.5, 0.6) is 0 Å². The zero-order valence-electron chi connectivity index (χ0n) is 7.94. The van der Waals surface area contributed by atoms with E-state index in [9.17, 15) is 12.8 Å². The second-order valence-electron chi connectivity index (χ2n) is 3.16. The molecule has 0 aromatic carbocycles. The van der Waals surface area contributed by atoms with Crippen LogP contribution in [0, 0.1) is 5.82 Å². The van der Waals surface area contributed by atoms with E-state index >= 15 is 0 Å². The summed E-state index contributed by atoms with van der Waals surface area (Å²) < 4.78 is 34.6. The summed E-state index contributed by atoms with van der Waals surface area (Å²) in [4.78, 5) is 7.36. The molecule has 0 saturated carbocycles. The van der Waals surface area contributed by atoms with Crippen LogP contribution in [-0.4, -0.2) is 29.9 Å². The molecule has 0 saturated heterocycles. The van der Waals surface area contributed by atoms with Crippen LogP contribution in [0.2, 0.25) is 0 Å². The fourth-order valence-corrected chi connectivity index (χ4v) is 1.30. The lowest BCUT2D eigenvalue weighted by atomic mass is 10.3. The first kappa shape index (κ1) is 11.0. The van der Waals surface area contributed by atoms with Crippen molar-refractivity contribution in [2.24, 2.45) is 0 Å². The number of rotatable bonds is 3. The van der Waals surface area contributed by atoms with Gasteiger partial charge in [0.25, 0.3) is 0 Å². The van der Waals surface area contributed by atoms with E-state index in [2.05, 4.69) is 9.97 Å². The SMILES string of the molecule is C[C@@H](Cc1ncc(F)cn1)S(C)(=O)=O. The van der Waals surface area contributed by atoms with Crippen LogP contribution >= 0.6 is 0 Å². The predicted molar refractivity (Wildman–Crippen MR) is 50.0 cm³/mol. The Labute approximate surface area is 82.1 Å². The first-order valence-electron chi connectivity index (χ1n) is 4.05. The van der Waals surface area contributed by atoms with Crippen molar-refractivity contribution in [3.8, 4) is 0 Å². The van der Waals surface area contributed by atoms with Gasteiger partial charge in [0.05, 0.1) is 17.6 Å². The fourth-order valence-electron chi connectivity index (χ4n) is 0.853. The van der Waals surface area contributed by atoms with Gasteiger partial charge >= 0.3 is 0 Å². The van der Waals surface area contributed by atoms with Crippen LogP contribution in [0.1, 0.15) is 12.7 Å². The largest absolute Gasteiger partial charge is 0.238 e. The van der Waals surface area contributed by atoms with Crippen molar-refractivity contribution in [2.45, 2.75) is 18.6 Å². The molecule has 0 radical (unpaired) electrons. The van der Waals surface area contributed by atoms with Gasteiger partial charge in [0.15, 0.2) is 5.82 Å². The Bertz CT molecular complexity index is 402. The maximum Gasteiger partial charge on any atom is 0.159 e. The number of sulfone groups is 1. The number of hydrogen-bond donors (Lipinski definition) is 0. The van der Waals surface area contributed by atoms with Gasteiger partial charge in [-0.2, -0.15) is 0 Å². The minimum Gasteiger partial charge on any atom is -0.238 e. The van der Waals surface area contributed by atoms with Crippen LogP contribution in [0.4, 0.5) is 4.39 Å². The Balaban J connectivity index is 2.75. The quantitative estimate of drug-likeness (QED) is 0.745. The summed E-state index contributed by atoms with van der Waals surface area (Å²) in [5.41, 5.74) is 0. The number of halogens is 1. The molecule has 78 valence electrons. The summed E-state index contributed by atoms with van der Waals surface area (Å²) in [6.45, 7) is 1.57. The molecular weight excluding hydrogens is 207 g/mol. The molecule has 0 N–H and O–H groups in total. The molecular formula is C8H11FN2O2S. The molecule has 4 nitrogen and oxygen atoms in total. The molecule has 0 fully saturated rings. The molecule has 14 heavy (non-hydrogen) atoms. The minimum atomic E-state index is -3.08. The van der Waals surface area contributed by atoms with E-state index in [0.29, 0.717) is 5.82 Å². The molecule has 1 rings (SSSR count). The van der Waals surface area contributed by atoms with Crippen LogP contribution in [0.15, 0.2) is 12.4 Å². The van der Waals surface area contributed by atoms with E-state index in [-0.39, 0.29) is 6.42 Å². The molecule has 0 unspecified atom stereocenters. The summed E-state index contributed by atoms with van der Waals surface area (Å²) in [5.74, 6) is -0.190. The average molecular weight is 218 g/mol. The first-order chi connectivity index (χ1) is 6.39. The summed E-state index contributed by atoms with van der Waals surface area (Å²) in [7, 11) is -3.08. The van der Waals surface area contributed by atoms with E-state index in [1.54, 1.807) is 6.92 Å². The zero-order valence-corrected chi connectivity index (χ0v) is 8.75. The van der Waals surface area contributed by atoms with Crippen molar-refractivity contribution in [2.75, 3.05) is 6.26 Å². The maximum atomic E-state index is 12.4. The normalized spacial score (nSPS) is 13.9. The fraction of sp³-hybridized carbons (Fsp3) is 0.500. The van der Waals surface area contributed by atoms with E-state index in [1.165, 1.54) is 0 Å². The Morgan fingerprint density at radius 2 is 1.93 bits per heavy atom. The molecule has 1 aromatic heterocycles. The van der Waals surface area contributed by atoms with Crippen LogP contribution in [0.25, 0.3) is 0 Å². The molecule has 0 amide bonds. The summed E-state index contributed by atoms with van der Waals surface area (Å²) >= 11 is 0. The van der Waals surface area contributed by atoms with Crippen LogP contribution < -0.4 is 0 Å². The van der Waals surface area contributed by atoms with Gasteiger partial charge < -0.3 is 0 Å².